The number of carbonyl (C=O) groups excluding carboxylic acids is 1. The highest BCUT2D eigenvalue weighted by Gasteiger charge is 2.15. The monoisotopic (exact) mass is 526 g/mol. The first-order valence-corrected chi connectivity index (χ1v) is 12.6. The molecule has 0 saturated heterocycles. The molecule has 0 aliphatic carbocycles. The Morgan fingerprint density at radius 1 is 0.795 bits per heavy atom. The summed E-state index contributed by atoms with van der Waals surface area (Å²) >= 11 is 0. The predicted octanol–water partition coefficient (Wildman–Crippen LogP) is 5.51. The van der Waals surface area contributed by atoms with E-state index in [1.54, 1.807) is 21.3 Å². The fraction of sp³-hybridized carbons (Fsp3) is 0.226. The third-order valence-corrected chi connectivity index (χ3v) is 6.47. The molecule has 3 aromatic carbocycles. The van der Waals surface area contributed by atoms with Crippen molar-refractivity contribution >= 4 is 17.8 Å². The van der Waals surface area contributed by atoms with Crippen molar-refractivity contribution < 1.29 is 19.0 Å². The van der Waals surface area contributed by atoms with Crippen LogP contribution in [0.1, 0.15) is 28.3 Å². The largest absolute Gasteiger partial charge is 0.497 e. The van der Waals surface area contributed by atoms with Crippen LogP contribution in [0.3, 0.4) is 0 Å². The smallest absolute Gasteiger partial charge is 0.141 e. The van der Waals surface area contributed by atoms with Gasteiger partial charge in [0.25, 0.3) is 0 Å². The molecule has 1 atom stereocenters. The number of nitrogens with zero attached hydrogens (tertiary/aromatic N) is 1. The lowest BCUT2D eigenvalue weighted by Gasteiger charge is -2.17. The summed E-state index contributed by atoms with van der Waals surface area (Å²) in [5.41, 5.74) is 12.6. The van der Waals surface area contributed by atoms with Gasteiger partial charge in [0.1, 0.15) is 29.4 Å². The molecule has 0 radical (unpaired) electrons. The first kappa shape index (κ1) is 27.5. The van der Waals surface area contributed by atoms with E-state index in [4.69, 9.17) is 24.9 Å². The molecule has 4 N–H and O–H groups in total. The Balaban J connectivity index is 1.58. The van der Waals surface area contributed by atoms with Gasteiger partial charge >= 0.3 is 0 Å². The molecule has 0 fully saturated rings. The molecule has 202 valence electrons. The van der Waals surface area contributed by atoms with E-state index in [2.05, 4.69) is 22.8 Å². The van der Waals surface area contributed by atoms with Gasteiger partial charge in [-0.25, -0.2) is 4.98 Å². The van der Waals surface area contributed by atoms with Crippen LogP contribution in [0.2, 0.25) is 0 Å². The number of aromatic nitrogens is 1. The fourth-order valence-electron chi connectivity index (χ4n) is 4.21. The Bertz CT molecular complexity index is 1400. The molecule has 0 aliphatic rings. The van der Waals surface area contributed by atoms with Crippen LogP contribution >= 0.6 is 0 Å². The number of methoxy groups -OCH3 is 3. The van der Waals surface area contributed by atoms with Crippen molar-refractivity contribution in [1.82, 2.24) is 4.98 Å². The van der Waals surface area contributed by atoms with E-state index in [0.717, 1.165) is 57.2 Å². The number of rotatable bonds is 12. The average Bonchev–Trinajstić information content (AvgIpc) is 2.99. The highest BCUT2D eigenvalue weighted by atomic mass is 16.5. The molecule has 1 unspecified atom stereocenters. The van der Waals surface area contributed by atoms with E-state index in [9.17, 15) is 4.79 Å². The minimum absolute atomic E-state index is 0.517. The highest BCUT2D eigenvalue weighted by Crippen LogP contribution is 2.30. The number of aryl methyl sites for hydroxylation is 1. The van der Waals surface area contributed by atoms with E-state index in [-0.39, 0.29) is 0 Å². The fourth-order valence-corrected chi connectivity index (χ4v) is 4.21. The number of aldehydes is 1. The van der Waals surface area contributed by atoms with Crippen LogP contribution in [0.4, 0.5) is 11.5 Å². The summed E-state index contributed by atoms with van der Waals surface area (Å²) in [6.45, 7) is 3.15. The topological polar surface area (TPSA) is 108 Å². The van der Waals surface area contributed by atoms with E-state index >= 15 is 0 Å². The maximum Gasteiger partial charge on any atom is 0.141 e. The summed E-state index contributed by atoms with van der Waals surface area (Å²) in [4.78, 5) is 16.4. The minimum atomic E-state index is -0.779. The molecule has 0 spiro atoms. The maximum absolute atomic E-state index is 11.5. The standard InChI is InChI=1S/C31H34N4O4/c1-20-5-8-23(33-18-22-13-25(38-3)16-26(14-22)39-4)15-28(20)30-12-11-27(29(32)19-36)31(35-30)34-17-21-6-9-24(37-2)10-7-21/h5-16,19,29,33H,17-18,32H2,1-4H3,(H,34,35). The van der Waals surface area contributed by atoms with E-state index < -0.39 is 6.04 Å². The second kappa shape index (κ2) is 12.8. The summed E-state index contributed by atoms with van der Waals surface area (Å²) in [5.74, 6) is 2.84. The van der Waals surface area contributed by atoms with Gasteiger partial charge in [0.05, 0.1) is 33.1 Å². The number of nitrogens with two attached hydrogens (primary N) is 1. The summed E-state index contributed by atoms with van der Waals surface area (Å²) < 4.78 is 16.0. The normalized spacial score (nSPS) is 11.4. The SMILES string of the molecule is COc1ccc(CNc2nc(-c3cc(NCc4cc(OC)cc(OC)c4)ccc3C)ccc2C(N)C=O)cc1. The Kier molecular flexibility index (Phi) is 9.01. The van der Waals surface area contributed by atoms with Gasteiger partial charge in [0.15, 0.2) is 0 Å². The molecular weight excluding hydrogens is 492 g/mol. The van der Waals surface area contributed by atoms with Gasteiger partial charge in [0.2, 0.25) is 0 Å². The molecule has 8 heteroatoms. The number of nitrogens with one attached hydrogen (secondary N) is 2. The predicted molar refractivity (Wildman–Crippen MR) is 155 cm³/mol. The lowest BCUT2D eigenvalue weighted by Crippen LogP contribution is -2.15. The molecule has 1 aromatic heterocycles. The van der Waals surface area contributed by atoms with Gasteiger partial charge in [0, 0.05) is 36.0 Å². The lowest BCUT2D eigenvalue weighted by atomic mass is 10.0. The van der Waals surface area contributed by atoms with Crippen LogP contribution in [-0.4, -0.2) is 32.6 Å². The van der Waals surface area contributed by atoms with Gasteiger partial charge in [-0.3, -0.25) is 0 Å². The second-order valence-electron chi connectivity index (χ2n) is 9.10. The molecule has 0 aliphatic heterocycles. The molecule has 0 bridgehead atoms. The Hall–Kier alpha value is -4.56. The Morgan fingerprint density at radius 3 is 2.10 bits per heavy atom. The number of anilines is 2. The number of hydrogen-bond acceptors (Lipinski definition) is 8. The van der Waals surface area contributed by atoms with Gasteiger partial charge < -0.3 is 35.4 Å². The van der Waals surface area contributed by atoms with Crippen LogP contribution in [-0.2, 0) is 17.9 Å². The molecule has 39 heavy (non-hydrogen) atoms. The first-order valence-electron chi connectivity index (χ1n) is 12.6. The number of hydrogen-bond donors (Lipinski definition) is 3. The molecule has 8 nitrogen and oxygen atoms in total. The van der Waals surface area contributed by atoms with Crippen LogP contribution in [0.25, 0.3) is 11.3 Å². The number of pyridine rings is 1. The highest BCUT2D eigenvalue weighted by molar-refractivity contribution is 5.73. The number of carbonyl (C=O) groups is 1. The Labute approximate surface area is 229 Å². The van der Waals surface area contributed by atoms with Crippen molar-refractivity contribution in [3.8, 4) is 28.5 Å². The van der Waals surface area contributed by atoms with Gasteiger partial charge in [-0.2, -0.15) is 0 Å². The minimum Gasteiger partial charge on any atom is -0.497 e. The van der Waals surface area contributed by atoms with Crippen LogP contribution in [0.5, 0.6) is 17.2 Å². The van der Waals surface area contributed by atoms with Crippen molar-refractivity contribution in [3.05, 3.63) is 95.1 Å². The van der Waals surface area contributed by atoms with Crippen molar-refractivity contribution in [2.75, 3.05) is 32.0 Å². The molecular formula is C31H34N4O4. The molecule has 0 amide bonds. The van der Waals surface area contributed by atoms with Gasteiger partial charge in [-0.05, 0) is 66.1 Å². The van der Waals surface area contributed by atoms with Crippen molar-refractivity contribution in [3.63, 3.8) is 0 Å². The quantitative estimate of drug-likeness (QED) is 0.208. The molecule has 0 saturated carbocycles. The zero-order chi connectivity index (χ0) is 27.8. The average molecular weight is 527 g/mol. The lowest BCUT2D eigenvalue weighted by molar-refractivity contribution is -0.109. The second-order valence-corrected chi connectivity index (χ2v) is 9.10. The number of ether oxygens (including phenoxy) is 3. The van der Waals surface area contributed by atoms with Crippen molar-refractivity contribution in [2.45, 2.75) is 26.1 Å². The van der Waals surface area contributed by atoms with E-state index in [1.165, 1.54) is 0 Å². The Morgan fingerprint density at radius 2 is 1.46 bits per heavy atom. The van der Waals surface area contributed by atoms with Crippen LogP contribution in [0, 0.1) is 6.92 Å². The van der Waals surface area contributed by atoms with Gasteiger partial charge in [-0.15, -0.1) is 0 Å². The third kappa shape index (κ3) is 6.86. The first-order chi connectivity index (χ1) is 18.9. The van der Waals surface area contributed by atoms with Crippen molar-refractivity contribution in [2.24, 2.45) is 5.73 Å². The van der Waals surface area contributed by atoms with E-state index in [1.807, 2.05) is 67.6 Å². The third-order valence-electron chi connectivity index (χ3n) is 6.47. The number of benzene rings is 3. The molecule has 4 rings (SSSR count). The molecule has 4 aromatic rings. The van der Waals surface area contributed by atoms with E-state index in [0.29, 0.717) is 24.5 Å². The van der Waals surface area contributed by atoms with Crippen LogP contribution in [0.15, 0.2) is 72.8 Å². The van der Waals surface area contributed by atoms with Crippen molar-refractivity contribution in [1.29, 1.82) is 0 Å². The summed E-state index contributed by atoms with van der Waals surface area (Å²) in [6.07, 6.45) is 0.721. The van der Waals surface area contributed by atoms with Gasteiger partial charge in [-0.1, -0.05) is 24.3 Å². The molecule has 1 heterocycles. The maximum atomic E-state index is 11.5. The summed E-state index contributed by atoms with van der Waals surface area (Å²) in [5, 5.41) is 6.84. The summed E-state index contributed by atoms with van der Waals surface area (Å²) in [7, 11) is 4.91. The zero-order valence-corrected chi connectivity index (χ0v) is 22.7. The zero-order valence-electron chi connectivity index (χ0n) is 22.7. The van der Waals surface area contributed by atoms with Crippen LogP contribution < -0.4 is 30.6 Å². The summed E-state index contributed by atoms with van der Waals surface area (Å²) in [6, 6.07) is 22.7.